The monoisotopic (exact) mass is 235 g/mol. The van der Waals surface area contributed by atoms with Gasteiger partial charge in [0.1, 0.15) is 0 Å². The van der Waals surface area contributed by atoms with Gasteiger partial charge in [-0.15, -0.1) is 11.3 Å². The molecular formula is C14H21NS. The van der Waals surface area contributed by atoms with E-state index in [4.69, 9.17) is 0 Å². The van der Waals surface area contributed by atoms with Crippen molar-refractivity contribution >= 4 is 11.3 Å². The van der Waals surface area contributed by atoms with E-state index in [1.165, 1.54) is 37.1 Å². The molecule has 1 aromatic heterocycles. The van der Waals surface area contributed by atoms with Crippen LogP contribution in [0.2, 0.25) is 0 Å². The number of fused-ring (bicyclic) bond motifs is 2. The lowest BCUT2D eigenvalue weighted by Gasteiger charge is -2.23. The zero-order valence-corrected chi connectivity index (χ0v) is 10.8. The predicted molar refractivity (Wildman–Crippen MR) is 69.7 cm³/mol. The molecule has 0 aliphatic heterocycles. The van der Waals surface area contributed by atoms with Gasteiger partial charge in [-0.3, -0.25) is 0 Å². The van der Waals surface area contributed by atoms with Gasteiger partial charge in [-0.2, -0.15) is 0 Å². The molecule has 0 aromatic carbocycles. The van der Waals surface area contributed by atoms with Crippen molar-refractivity contribution in [1.82, 2.24) is 5.32 Å². The average Bonchev–Trinajstić information content (AvgIpc) is 3.01. The Bertz CT molecular complexity index is 333. The lowest BCUT2D eigenvalue weighted by atomic mass is 9.89. The summed E-state index contributed by atoms with van der Waals surface area (Å²) in [7, 11) is 0. The zero-order valence-electron chi connectivity index (χ0n) is 9.99. The Labute approximate surface area is 102 Å². The van der Waals surface area contributed by atoms with Crippen molar-refractivity contribution in [2.75, 3.05) is 6.54 Å². The molecule has 88 valence electrons. The standard InChI is InChI=1S/C14H21NS/c1-10(14-3-2-6-16-14)15-9-13-8-11-4-5-12(13)7-11/h2-3,6,10-13,15H,4-5,7-9H2,1H3/t10-,11?,12?,13?/m1/s1. The zero-order chi connectivity index (χ0) is 11.0. The van der Waals surface area contributed by atoms with Gasteiger partial charge >= 0.3 is 0 Å². The molecule has 2 saturated carbocycles. The van der Waals surface area contributed by atoms with Crippen LogP contribution < -0.4 is 5.32 Å². The van der Waals surface area contributed by atoms with Crippen LogP contribution in [0.15, 0.2) is 17.5 Å². The van der Waals surface area contributed by atoms with E-state index >= 15 is 0 Å². The molecule has 1 heterocycles. The Morgan fingerprint density at radius 1 is 1.44 bits per heavy atom. The molecule has 0 saturated heterocycles. The summed E-state index contributed by atoms with van der Waals surface area (Å²) in [6.07, 6.45) is 6.04. The number of hydrogen-bond donors (Lipinski definition) is 1. The van der Waals surface area contributed by atoms with Crippen LogP contribution in [0, 0.1) is 17.8 Å². The average molecular weight is 235 g/mol. The van der Waals surface area contributed by atoms with Crippen molar-refractivity contribution in [3.8, 4) is 0 Å². The van der Waals surface area contributed by atoms with Gasteiger partial charge in [-0.25, -0.2) is 0 Å². The highest BCUT2D eigenvalue weighted by molar-refractivity contribution is 7.10. The van der Waals surface area contributed by atoms with Crippen molar-refractivity contribution in [2.24, 2.45) is 17.8 Å². The first-order valence-corrected chi connectivity index (χ1v) is 7.47. The maximum Gasteiger partial charge on any atom is 0.0386 e. The maximum absolute atomic E-state index is 3.72. The first-order chi connectivity index (χ1) is 7.83. The molecular weight excluding hydrogens is 214 g/mol. The second kappa shape index (κ2) is 4.50. The van der Waals surface area contributed by atoms with E-state index in [2.05, 4.69) is 29.8 Å². The van der Waals surface area contributed by atoms with Crippen LogP contribution in [0.4, 0.5) is 0 Å². The molecule has 0 spiro atoms. The number of thiophene rings is 1. The van der Waals surface area contributed by atoms with E-state index in [1.54, 1.807) is 0 Å². The second-order valence-electron chi connectivity index (χ2n) is 5.58. The van der Waals surface area contributed by atoms with Crippen molar-refractivity contribution in [2.45, 2.75) is 38.6 Å². The van der Waals surface area contributed by atoms with Gasteiger partial charge in [-0.05, 0) is 61.9 Å². The highest BCUT2D eigenvalue weighted by Crippen LogP contribution is 2.48. The first kappa shape index (κ1) is 10.8. The minimum atomic E-state index is 0.541. The third-order valence-corrected chi connectivity index (χ3v) is 5.60. The molecule has 2 fully saturated rings. The van der Waals surface area contributed by atoms with Crippen molar-refractivity contribution in [3.05, 3.63) is 22.4 Å². The molecule has 2 aliphatic carbocycles. The third kappa shape index (κ3) is 2.05. The Morgan fingerprint density at radius 3 is 3.00 bits per heavy atom. The smallest absolute Gasteiger partial charge is 0.0386 e. The lowest BCUT2D eigenvalue weighted by Crippen LogP contribution is -2.28. The van der Waals surface area contributed by atoms with Crippen molar-refractivity contribution < 1.29 is 0 Å². The van der Waals surface area contributed by atoms with E-state index in [1.807, 2.05) is 11.3 Å². The fourth-order valence-corrected chi connectivity index (χ4v) is 4.35. The minimum absolute atomic E-state index is 0.541. The fraction of sp³-hybridized carbons (Fsp3) is 0.714. The SMILES string of the molecule is C[C@@H](NCC1CC2CCC1C2)c1cccs1. The highest BCUT2D eigenvalue weighted by atomic mass is 32.1. The number of rotatable bonds is 4. The predicted octanol–water partition coefficient (Wildman–Crippen LogP) is 3.83. The van der Waals surface area contributed by atoms with Crippen molar-refractivity contribution in [1.29, 1.82) is 0 Å². The maximum atomic E-state index is 3.72. The van der Waals surface area contributed by atoms with E-state index in [0.29, 0.717) is 6.04 Å². The third-order valence-electron chi connectivity index (χ3n) is 4.54. The topological polar surface area (TPSA) is 12.0 Å². The largest absolute Gasteiger partial charge is 0.309 e. The highest BCUT2D eigenvalue weighted by Gasteiger charge is 2.39. The molecule has 1 N–H and O–H groups in total. The Kier molecular flexibility index (Phi) is 3.03. The lowest BCUT2D eigenvalue weighted by molar-refractivity contribution is 0.310. The minimum Gasteiger partial charge on any atom is -0.309 e. The van der Waals surface area contributed by atoms with E-state index < -0.39 is 0 Å². The molecule has 0 radical (unpaired) electrons. The van der Waals surface area contributed by atoms with Gasteiger partial charge in [0.15, 0.2) is 0 Å². The summed E-state index contributed by atoms with van der Waals surface area (Å²) >= 11 is 1.87. The quantitative estimate of drug-likeness (QED) is 0.836. The molecule has 2 heteroatoms. The van der Waals surface area contributed by atoms with Gasteiger partial charge in [0, 0.05) is 10.9 Å². The van der Waals surface area contributed by atoms with Gasteiger partial charge in [0.2, 0.25) is 0 Å². The van der Waals surface area contributed by atoms with E-state index in [0.717, 1.165) is 17.8 Å². The summed E-state index contributed by atoms with van der Waals surface area (Å²) in [4.78, 5) is 1.48. The summed E-state index contributed by atoms with van der Waals surface area (Å²) in [5, 5.41) is 5.89. The Balaban J connectivity index is 1.50. The molecule has 2 bridgehead atoms. The summed E-state index contributed by atoms with van der Waals surface area (Å²) in [5.74, 6) is 3.10. The molecule has 2 aliphatic rings. The van der Waals surface area contributed by atoms with Gasteiger partial charge in [0.05, 0.1) is 0 Å². The van der Waals surface area contributed by atoms with E-state index in [9.17, 15) is 0 Å². The summed E-state index contributed by atoms with van der Waals surface area (Å²) < 4.78 is 0. The normalized spacial score (nSPS) is 34.4. The fourth-order valence-electron chi connectivity index (χ4n) is 3.59. The van der Waals surface area contributed by atoms with Gasteiger partial charge in [-0.1, -0.05) is 12.5 Å². The molecule has 3 rings (SSSR count). The molecule has 16 heavy (non-hydrogen) atoms. The van der Waals surface area contributed by atoms with Crippen LogP contribution in [-0.4, -0.2) is 6.54 Å². The van der Waals surface area contributed by atoms with Crippen LogP contribution in [-0.2, 0) is 0 Å². The van der Waals surface area contributed by atoms with Crippen LogP contribution in [0.5, 0.6) is 0 Å². The first-order valence-electron chi connectivity index (χ1n) is 6.59. The van der Waals surface area contributed by atoms with Gasteiger partial charge < -0.3 is 5.32 Å². The second-order valence-corrected chi connectivity index (χ2v) is 6.56. The Hall–Kier alpha value is -0.340. The van der Waals surface area contributed by atoms with Gasteiger partial charge in [0.25, 0.3) is 0 Å². The molecule has 4 atom stereocenters. The molecule has 1 nitrogen and oxygen atoms in total. The number of nitrogens with one attached hydrogen (secondary N) is 1. The summed E-state index contributed by atoms with van der Waals surface area (Å²) in [6, 6.07) is 4.93. The summed E-state index contributed by atoms with van der Waals surface area (Å²) in [5.41, 5.74) is 0. The van der Waals surface area contributed by atoms with Crippen molar-refractivity contribution in [3.63, 3.8) is 0 Å². The van der Waals surface area contributed by atoms with Crippen LogP contribution in [0.3, 0.4) is 0 Å². The number of hydrogen-bond acceptors (Lipinski definition) is 2. The molecule has 3 unspecified atom stereocenters. The van der Waals surface area contributed by atoms with Crippen LogP contribution in [0.1, 0.15) is 43.5 Å². The molecule has 0 amide bonds. The van der Waals surface area contributed by atoms with Crippen LogP contribution in [0.25, 0.3) is 0 Å². The van der Waals surface area contributed by atoms with E-state index in [-0.39, 0.29) is 0 Å². The Morgan fingerprint density at radius 2 is 2.38 bits per heavy atom. The molecule has 1 aromatic rings. The van der Waals surface area contributed by atoms with Crippen LogP contribution >= 0.6 is 11.3 Å². The summed E-state index contributed by atoms with van der Waals surface area (Å²) in [6.45, 7) is 3.53.